The number of aromatic amines is 1. The number of nitrogens with one attached hydrogen (secondary N) is 1. The van der Waals surface area contributed by atoms with E-state index in [0.717, 1.165) is 12.2 Å². The highest BCUT2D eigenvalue weighted by Crippen LogP contribution is 2.13. The topological polar surface area (TPSA) is 25.0 Å². The Hall–Kier alpha value is -1.70. The summed E-state index contributed by atoms with van der Waals surface area (Å²) in [4.78, 5) is 3.18. The van der Waals surface area contributed by atoms with E-state index in [9.17, 15) is 0 Å². The number of benzene rings is 1. The van der Waals surface area contributed by atoms with Crippen molar-refractivity contribution < 1.29 is 4.74 Å². The van der Waals surface area contributed by atoms with Gasteiger partial charge in [0.15, 0.2) is 0 Å². The van der Waals surface area contributed by atoms with Gasteiger partial charge in [-0.05, 0) is 29.8 Å². The van der Waals surface area contributed by atoms with Crippen molar-refractivity contribution in [3.63, 3.8) is 0 Å². The van der Waals surface area contributed by atoms with Crippen LogP contribution >= 0.6 is 0 Å². The van der Waals surface area contributed by atoms with Crippen molar-refractivity contribution in [3.8, 4) is 5.75 Å². The van der Waals surface area contributed by atoms with Gasteiger partial charge in [-0.3, -0.25) is 0 Å². The van der Waals surface area contributed by atoms with Crippen molar-refractivity contribution in [2.45, 2.75) is 6.42 Å². The maximum atomic E-state index is 5.10. The van der Waals surface area contributed by atoms with Gasteiger partial charge in [0, 0.05) is 18.3 Å². The summed E-state index contributed by atoms with van der Waals surface area (Å²) in [7, 11) is 1.68. The second kappa shape index (κ2) is 4.01. The first-order valence-corrected chi connectivity index (χ1v) is 4.63. The molecule has 0 saturated carbocycles. The van der Waals surface area contributed by atoms with E-state index in [4.69, 9.17) is 4.74 Å². The molecule has 0 unspecified atom stereocenters. The maximum Gasteiger partial charge on any atom is 0.118 e. The number of methoxy groups -OCH3 is 1. The van der Waals surface area contributed by atoms with E-state index in [1.165, 1.54) is 11.3 Å². The normalized spacial score (nSPS) is 10.1. The van der Waals surface area contributed by atoms with E-state index in [1.54, 1.807) is 7.11 Å². The van der Waals surface area contributed by atoms with Gasteiger partial charge in [0.25, 0.3) is 0 Å². The molecular weight excluding hydrogens is 174 g/mol. The van der Waals surface area contributed by atoms with Gasteiger partial charge in [0.1, 0.15) is 5.75 Å². The van der Waals surface area contributed by atoms with Crippen LogP contribution in [0.1, 0.15) is 11.3 Å². The zero-order valence-corrected chi connectivity index (χ0v) is 8.16. The minimum Gasteiger partial charge on any atom is -0.497 e. The van der Waals surface area contributed by atoms with Crippen LogP contribution in [0.4, 0.5) is 0 Å². The summed E-state index contributed by atoms with van der Waals surface area (Å²) >= 11 is 0. The molecule has 1 aromatic carbocycles. The van der Waals surface area contributed by atoms with Crippen molar-refractivity contribution in [2.75, 3.05) is 7.11 Å². The average molecular weight is 187 g/mol. The zero-order chi connectivity index (χ0) is 9.80. The van der Waals surface area contributed by atoms with Gasteiger partial charge in [-0.15, -0.1) is 0 Å². The summed E-state index contributed by atoms with van der Waals surface area (Å²) in [6.45, 7) is 0. The minimum atomic E-state index is 0.903. The first-order chi connectivity index (χ1) is 6.88. The van der Waals surface area contributed by atoms with Crippen molar-refractivity contribution in [1.29, 1.82) is 0 Å². The molecule has 2 nitrogen and oxygen atoms in total. The number of aromatic nitrogens is 1. The molecule has 0 aliphatic carbocycles. The molecule has 0 bridgehead atoms. The van der Waals surface area contributed by atoms with E-state index in [1.807, 2.05) is 24.4 Å². The van der Waals surface area contributed by atoms with Crippen LogP contribution in [0.5, 0.6) is 5.75 Å². The van der Waals surface area contributed by atoms with Gasteiger partial charge in [0.05, 0.1) is 7.11 Å². The molecule has 0 amide bonds. The van der Waals surface area contributed by atoms with Gasteiger partial charge in [-0.25, -0.2) is 0 Å². The van der Waals surface area contributed by atoms with Crippen LogP contribution in [0.15, 0.2) is 42.6 Å². The van der Waals surface area contributed by atoms with Crippen LogP contribution in [0.2, 0.25) is 0 Å². The van der Waals surface area contributed by atoms with Crippen LogP contribution in [0.25, 0.3) is 0 Å². The van der Waals surface area contributed by atoms with Crippen molar-refractivity contribution in [1.82, 2.24) is 4.98 Å². The highest BCUT2D eigenvalue weighted by atomic mass is 16.5. The Morgan fingerprint density at radius 3 is 2.50 bits per heavy atom. The Balaban J connectivity index is 2.10. The largest absolute Gasteiger partial charge is 0.497 e. The third kappa shape index (κ3) is 1.96. The average Bonchev–Trinajstić information content (AvgIpc) is 2.72. The first kappa shape index (κ1) is 8.88. The molecule has 2 heteroatoms. The number of ether oxygens (including phenoxy) is 1. The molecule has 0 saturated heterocycles. The molecule has 0 aliphatic heterocycles. The molecule has 0 radical (unpaired) electrons. The predicted octanol–water partition coefficient (Wildman–Crippen LogP) is 2.61. The molecule has 72 valence electrons. The number of hydrogen-bond donors (Lipinski definition) is 1. The maximum absolute atomic E-state index is 5.10. The molecule has 0 aliphatic rings. The molecule has 0 atom stereocenters. The van der Waals surface area contributed by atoms with E-state index < -0.39 is 0 Å². The Kier molecular flexibility index (Phi) is 2.54. The lowest BCUT2D eigenvalue weighted by Crippen LogP contribution is -1.88. The molecule has 1 aromatic heterocycles. The van der Waals surface area contributed by atoms with Crippen LogP contribution < -0.4 is 4.74 Å². The standard InChI is InChI=1S/C12H13NO/c1-14-12-6-4-10(5-7-12)9-11-3-2-8-13-11/h2-8,13H,9H2,1H3. The third-order valence-corrected chi connectivity index (χ3v) is 2.22. The molecular formula is C12H13NO. The van der Waals surface area contributed by atoms with Crippen LogP contribution in [-0.4, -0.2) is 12.1 Å². The Labute approximate surface area is 83.5 Å². The lowest BCUT2D eigenvalue weighted by molar-refractivity contribution is 0.414. The molecule has 2 rings (SSSR count). The van der Waals surface area contributed by atoms with E-state index >= 15 is 0 Å². The van der Waals surface area contributed by atoms with Gasteiger partial charge < -0.3 is 9.72 Å². The smallest absolute Gasteiger partial charge is 0.118 e. The van der Waals surface area contributed by atoms with Gasteiger partial charge in [0.2, 0.25) is 0 Å². The van der Waals surface area contributed by atoms with Crippen LogP contribution in [-0.2, 0) is 6.42 Å². The SMILES string of the molecule is COc1ccc(Cc2ccc[nH]2)cc1. The Bertz CT molecular complexity index is 375. The van der Waals surface area contributed by atoms with Crippen molar-refractivity contribution >= 4 is 0 Å². The summed E-state index contributed by atoms with van der Waals surface area (Å²) in [5.74, 6) is 0.903. The van der Waals surface area contributed by atoms with Crippen LogP contribution in [0.3, 0.4) is 0 Å². The molecule has 2 aromatic rings. The number of hydrogen-bond acceptors (Lipinski definition) is 1. The first-order valence-electron chi connectivity index (χ1n) is 4.63. The fourth-order valence-corrected chi connectivity index (χ4v) is 1.44. The molecule has 0 spiro atoms. The third-order valence-electron chi connectivity index (χ3n) is 2.22. The quantitative estimate of drug-likeness (QED) is 0.785. The predicted molar refractivity (Wildman–Crippen MR) is 56.6 cm³/mol. The van der Waals surface area contributed by atoms with E-state index in [2.05, 4.69) is 23.2 Å². The summed E-state index contributed by atoms with van der Waals surface area (Å²) in [5.41, 5.74) is 2.52. The highest BCUT2D eigenvalue weighted by molar-refractivity contribution is 5.29. The zero-order valence-electron chi connectivity index (χ0n) is 8.16. The fourth-order valence-electron chi connectivity index (χ4n) is 1.44. The number of rotatable bonds is 3. The summed E-state index contributed by atoms with van der Waals surface area (Å²) in [6.07, 6.45) is 2.88. The molecule has 14 heavy (non-hydrogen) atoms. The number of H-pyrrole nitrogens is 1. The summed E-state index contributed by atoms with van der Waals surface area (Å²) < 4.78 is 5.10. The van der Waals surface area contributed by atoms with Gasteiger partial charge >= 0.3 is 0 Å². The van der Waals surface area contributed by atoms with Crippen molar-refractivity contribution in [2.24, 2.45) is 0 Å². The highest BCUT2D eigenvalue weighted by Gasteiger charge is 1.96. The lowest BCUT2D eigenvalue weighted by Gasteiger charge is -2.01. The Morgan fingerprint density at radius 2 is 1.93 bits per heavy atom. The summed E-state index contributed by atoms with van der Waals surface area (Å²) in [6, 6.07) is 12.2. The fraction of sp³-hybridized carbons (Fsp3) is 0.167. The monoisotopic (exact) mass is 187 g/mol. The van der Waals surface area contributed by atoms with E-state index in [0.29, 0.717) is 0 Å². The second-order valence-corrected chi connectivity index (χ2v) is 3.22. The van der Waals surface area contributed by atoms with Crippen LogP contribution in [0, 0.1) is 0 Å². The van der Waals surface area contributed by atoms with Gasteiger partial charge in [-0.1, -0.05) is 12.1 Å². The van der Waals surface area contributed by atoms with Gasteiger partial charge in [-0.2, -0.15) is 0 Å². The van der Waals surface area contributed by atoms with E-state index in [-0.39, 0.29) is 0 Å². The second-order valence-electron chi connectivity index (χ2n) is 3.22. The lowest BCUT2D eigenvalue weighted by atomic mass is 10.1. The Morgan fingerprint density at radius 1 is 1.14 bits per heavy atom. The van der Waals surface area contributed by atoms with Crippen molar-refractivity contribution in [3.05, 3.63) is 53.9 Å². The molecule has 1 N–H and O–H groups in total. The minimum absolute atomic E-state index is 0.903. The molecule has 0 fully saturated rings. The molecule has 1 heterocycles. The summed E-state index contributed by atoms with van der Waals surface area (Å²) in [5, 5.41) is 0.